The van der Waals surface area contributed by atoms with E-state index in [1.54, 1.807) is 19.2 Å². The van der Waals surface area contributed by atoms with Crippen LogP contribution in [0.15, 0.2) is 29.2 Å². The van der Waals surface area contributed by atoms with Gasteiger partial charge < -0.3 is 19.1 Å². The lowest BCUT2D eigenvalue weighted by molar-refractivity contribution is 0.126. The summed E-state index contributed by atoms with van der Waals surface area (Å²) in [5.74, 6) is 0.587. The van der Waals surface area contributed by atoms with E-state index in [0.29, 0.717) is 45.0 Å². The van der Waals surface area contributed by atoms with Gasteiger partial charge in [0, 0.05) is 33.3 Å². The smallest absolute Gasteiger partial charge is 0.409 e. The van der Waals surface area contributed by atoms with Gasteiger partial charge in [0.15, 0.2) is 0 Å². The number of amides is 1. The first-order valence-electron chi connectivity index (χ1n) is 8.04. The van der Waals surface area contributed by atoms with Gasteiger partial charge in [-0.3, -0.25) is 0 Å². The van der Waals surface area contributed by atoms with Gasteiger partial charge in [-0.05, 0) is 30.7 Å². The van der Waals surface area contributed by atoms with E-state index in [1.165, 1.54) is 28.4 Å². The highest BCUT2D eigenvalue weighted by atomic mass is 32.2. The largest absolute Gasteiger partial charge is 0.491 e. The highest BCUT2D eigenvalue weighted by molar-refractivity contribution is 7.89. The summed E-state index contributed by atoms with van der Waals surface area (Å²) in [5.41, 5.74) is 0. The van der Waals surface area contributed by atoms with Gasteiger partial charge in [-0.15, -0.1) is 0 Å². The number of benzene rings is 1. The average Bonchev–Trinajstić information content (AvgIpc) is 2.88. The molecule has 0 aromatic heterocycles. The quantitative estimate of drug-likeness (QED) is 0.697. The zero-order valence-electron chi connectivity index (χ0n) is 14.5. The van der Waals surface area contributed by atoms with Gasteiger partial charge in [-0.2, -0.15) is 4.31 Å². The van der Waals surface area contributed by atoms with Crippen molar-refractivity contribution in [1.29, 1.82) is 0 Å². The molecule has 1 saturated heterocycles. The molecule has 1 aromatic carbocycles. The molecular formula is C16H24N2O6S. The lowest BCUT2D eigenvalue weighted by Crippen LogP contribution is -2.37. The van der Waals surface area contributed by atoms with E-state index in [4.69, 9.17) is 14.2 Å². The van der Waals surface area contributed by atoms with Gasteiger partial charge in [-0.25, -0.2) is 13.2 Å². The Bertz CT molecular complexity index is 662. The van der Waals surface area contributed by atoms with Crippen molar-refractivity contribution in [3.8, 4) is 5.75 Å². The van der Waals surface area contributed by atoms with Crippen molar-refractivity contribution < 1.29 is 27.4 Å². The van der Waals surface area contributed by atoms with Gasteiger partial charge >= 0.3 is 6.09 Å². The minimum absolute atomic E-state index is 0.207. The third-order valence-electron chi connectivity index (χ3n) is 3.91. The number of sulfonamides is 1. The van der Waals surface area contributed by atoms with Crippen molar-refractivity contribution in [3.63, 3.8) is 0 Å². The minimum atomic E-state index is -3.61. The van der Waals surface area contributed by atoms with Crippen LogP contribution in [-0.4, -0.2) is 77.3 Å². The average molecular weight is 372 g/mol. The summed E-state index contributed by atoms with van der Waals surface area (Å²) < 4.78 is 42.0. The van der Waals surface area contributed by atoms with Crippen LogP contribution in [0.4, 0.5) is 4.79 Å². The zero-order chi connectivity index (χ0) is 18.3. The Morgan fingerprint density at radius 2 is 1.76 bits per heavy atom. The number of rotatable bonds is 6. The lowest BCUT2D eigenvalue weighted by atomic mass is 10.3. The van der Waals surface area contributed by atoms with Crippen LogP contribution in [0.5, 0.6) is 5.75 Å². The van der Waals surface area contributed by atoms with Crippen molar-refractivity contribution in [2.45, 2.75) is 11.3 Å². The van der Waals surface area contributed by atoms with E-state index in [2.05, 4.69) is 0 Å². The second kappa shape index (κ2) is 9.02. The van der Waals surface area contributed by atoms with Gasteiger partial charge in [0.05, 0.1) is 18.6 Å². The molecule has 0 unspecified atom stereocenters. The molecule has 1 heterocycles. The summed E-state index contributed by atoms with van der Waals surface area (Å²) in [5, 5.41) is 0. The van der Waals surface area contributed by atoms with Crippen LogP contribution in [0.2, 0.25) is 0 Å². The predicted octanol–water partition coefficient (Wildman–Crippen LogP) is 1.17. The molecule has 1 fully saturated rings. The maximum Gasteiger partial charge on any atom is 0.409 e. The summed E-state index contributed by atoms with van der Waals surface area (Å²) in [7, 11) is -0.707. The Balaban J connectivity index is 2.04. The molecule has 140 valence electrons. The maximum atomic E-state index is 12.8. The standard InChI is InChI=1S/C16H24N2O6S/c1-22-12-13-24-14-4-6-15(7-5-14)25(20,21)18-9-3-8-17(10-11-18)16(19)23-2/h4-7H,3,8-13H2,1-2H3. The summed E-state index contributed by atoms with van der Waals surface area (Å²) >= 11 is 0. The van der Waals surface area contributed by atoms with Crippen LogP contribution in [0.25, 0.3) is 0 Å². The Labute approximate surface area is 148 Å². The Hall–Kier alpha value is -1.84. The normalized spacial score (nSPS) is 16.3. The molecule has 0 saturated carbocycles. The van der Waals surface area contributed by atoms with Crippen molar-refractivity contribution >= 4 is 16.1 Å². The first-order chi connectivity index (χ1) is 12.0. The van der Waals surface area contributed by atoms with Gasteiger partial charge in [0.1, 0.15) is 12.4 Å². The molecule has 0 bridgehead atoms. The van der Waals surface area contributed by atoms with Crippen LogP contribution in [-0.2, 0) is 19.5 Å². The second-order valence-corrected chi connectivity index (χ2v) is 7.47. The molecule has 8 nitrogen and oxygen atoms in total. The predicted molar refractivity (Wildman–Crippen MR) is 91.2 cm³/mol. The Morgan fingerprint density at radius 1 is 1.04 bits per heavy atom. The first-order valence-corrected chi connectivity index (χ1v) is 9.48. The molecule has 25 heavy (non-hydrogen) atoms. The van der Waals surface area contributed by atoms with Gasteiger partial charge in [0.2, 0.25) is 10.0 Å². The summed E-state index contributed by atoms with van der Waals surface area (Å²) in [6.07, 6.45) is 0.129. The molecule has 0 aliphatic carbocycles. The van der Waals surface area contributed by atoms with E-state index in [9.17, 15) is 13.2 Å². The van der Waals surface area contributed by atoms with Crippen molar-refractivity contribution in [2.75, 3.05) is 53.6 Å². The van der Waals surface area contributed by atoms with E-state index in [0.717, 1.165) is 0 Å². The summed E-state index contributed by atoms with van der Waals surface area (Å²) in [6, 6.07) is 6.31. The number of nitrogens with zero attached hydrogens (tertiary/aromatic N) is 2. The molecule has 1 amide bonds. The number of hydrogen-bond acceptors (Lipinski definition) is 6. The van der Waals surface area contributed by atoms with E-state index in [-0.39, 0.29) is 11.4 Å². The minimum Gasteiger partial charge on any atom is -0.491 e. The molecule has 9 heteroatoms. The molecule has 0 N–H and O–H groups in total. The fourth-order valence-electron chi connectivity index (χ4n) is 2.55. The number of methoxy groups -OCH3 is 2. The molecule has 0 atom stereocenters. The second-order valence-electron chi connectivity index (χ2n) is 5.53. The van der Waals surface area contributed by atoms with Crippen LogP contribution in [0.1, 0.15) is 6.42 Å². The summed E-state index contributed by atoms with van der Waals surface area (Å²) in [6.45, 7) is 2.25. The number of ether oxygens (including phenoxy) is 3. The fraction of sp³-hybridized carbons (Fsp3) is 0.562. The van der Waals surface area contributed by atoms with Crippen molar-refractivity contribution in [1.82, 2.24) is 9.21 Å². The van der Waals surface area contributed by atoms with E-state index >= 15 is 0 Å². The molecule has 1 aromatic rings. The Morgan fingerprint density at radius 3 is 2.40 bits per heavy atom. The Kier molecular flexibility index (Phi) is 7.03. The van der Waals surface area contributed by atoms with E-state index in [1.807, 2.05) is 0 Å². The van der Waals surface area contributed by atoms with Crippen molar-refractivity contribution in [2.24, 2.45) is 0 Å². The molecule has 1 aliphatic heterocycles. The van der Waals surface area contributed by atoms with Crippen LogP contribution >= 0.6 is 0 Å². The lowest BCUT2D eigenvalue weighted by Gasteiger charge is -2.21. The topological polar surface area (TPSA) is 85.4 Å². The molecule has 0 spiro atoms. The van der Waals surface area contributed by atoms with Gasteiger partial charge in [-0.1, -0.05) is 0 Å². The molecule has 0 radical (unpaired) electrons. The fourth-order valence-corrected chi connectivity index (χ4v) is 4.02. The summed E-state index contributed by atoms with van der Waals surface area (Å²) in [4.78, 5) is 13.3. The monoisotopic (exact) mass is 372 g/mol. The number of carbonyl (C=O) groups is 1. The van der Waals surface area contributed by atoms with Gasteiger partial charge in [0.25, 0.3) is 0 Å². The third-order valence-corrected chi connectivity index (χ3v) is 5.82. The molecular weight excluding hydrogens is 348 g/mol. The first kappa shape index (κ1) is 19.5. The van der Waals surface area contributed by atoms with Crippen LogP contribution < -0.4 is 4.74 Å². The number of hydrogen-bond donors (Lipinski definition) is 0. The highest BCUT2D eigenvalue weighted by Gasteiger charge is 2.28. The third kappa shape index (κ3) is 5.07. The highest BCUT2D eigenvalue weighted by Crippen LogP contribution is 2.21. The maximum absolute atomic E-state index is 12.8. The van der Waals surface area contributed by atoms with Crippen LogP contribution in [0.3, 0.4) is 0 Å². The van der Waals surface area contributed by atoms with Crippen LogP contribution in [0, 0.1) is 0 Å². The number of carbonyl (C=O) groups excluding carboxylic acids is 1. The SMILES string of the molecule is COCCOc1ccc(S(=O)(=O)N2CCCN(C(=O)OC)CC2)cc1. The van der Waals surface area contributed by atoms with E-state index < -0.39 is 16.1 Å². The molecule has 1 aliphatic rings. The molecule has 2 rings (SSSR count). The zero-order valence-corrected chi connectivity index (χ0v) is 15.3. The van der Waals surface area contributed by atoms with Crippen molar-refractivity contribution in [3.05, 3.63) is 24.3 Å².